The van der Waals surface area contributed by atoms with Gasteiger partial charge in [-0.2, -0.15) is 0 Å². The van der Waals surface area contributed by atoms with E-state index < -0.39 is 9.84 Å². The van der Waals surface area contributed by atoms with E-state index in [2.05, 4.69) is 18.7 Å². The van der Waals surface area contributed by atoms with Crippen LogP contribution in [0.5, 0.6) is 0 Å². The minimum Gasteiger partial charge on any atom is -0.325 e. The highest BCUT2D eigenvalue weighted by Crippen LogP contribution is 2.27. The molecule has 2 saturated heterocycles. The third kappa shape index (κ3) is 2.41. The third-order valence-corrected chi connectivity index (χ3v) is 5.94. The Labute approximate surface area is 98.1 Å². The van der Waals surface area contributed by atoms with Crippen LogP contribution in [0.4, 0.5) is 0 Å². The van der Waals surface area contributed by atoms with E-state index in [1.165, 1.54) is 0 Å². The highest BCUT2D eigenvalue weighted by Gasteiger charge is 2.40. The Morgan fingerprint density at radius 3 is 2.38 bits per heavy atom. The third-order valence-electron chi connectivity index (χ3n) is 4.20. The first-order valence-electron chi connectivity index (χ1n) is 6.09. The van der Waals surface area contributed by atoms with Crippen molar-refractivity contribution in [3.05, 3.63) is 0 Å². The Kier molecular flexibility index (Phi) is 3.29. The molecule has 0 spiro atoms. The standard InChI is InChI=1S/C11H22N2O2S/c1-8-3-4-13(5-9(8)2)11-7-16(14,15)6-10(11)12/h8-11H,3-7,12H2,1-2H3. The maximum absolute atomic E-state index is 11.5. The molecule has 0 aromatic rings. The van der Waals surface area contributed by atoms with Crippen LogP contribution in [0.15, 0.2) is 0 Å². The lowest BCUT2D eigenvalue weighted by molar-refractivity contribution is 0.0986. The summed E-state index contributed by atoms with van der Waals surface area (Å²) in [6.07, 6.45) is 1.16. The highest BCUT2D eigenvalue weighted by atomic mass is 32.2. The van der Waals surface area contributed by atoms with Crippen LogP contribution in [0.2, 0.25) is 0 Å². The normalized spacial score (nSPS) is 44.7. The molecule has 2 N–H and O–H groups in total. The van der Waals surface area contributed by atoms with E-state index in [0.29, 0.717) is 5.92 Å². The van der Waals surface area contributed by atoms with Crippen molar-refractivity contribution in [3.8, 4) is 0 Å². The Morgan fingerprint density at radius 1 is 1.19 bits per heavy atom. The summed E-state index contributed by atoms with van der Waals surface area (Å²) in [5.74, 6) is 1.81. The second kappa shape index (κ2) is 4.27. The molecule has 0 amide bonds. The maximum atomic E-state index is 11.5. The summed E-state index contributed by atoms with van der Waals surface area (Å²) in [4.78, 5) is 2.29. The molecular weight excluding hydrogens is 224 g/mol. The van der Waals surface area contributed by atoms with E-state index in [4.69, 9.17) is 5.73 Å². The summed E-state index contributed by atoms with van der Waals surface area (Å²) in [7, 11) is -2.89. The van der Waals surface area contributed by atoms with Gasteiger partial charge in [0.25, 0.3) is 0 Å². The molecule has 2 rings (SSSR count). The van der Waals surface area contributed by atoms with Gasteiger partial charge in [-0.1, -0.05) is 13.8 Å². The molecule has 94 valence electrons. The minimum atomic E-state index is -2.89. The van der Waals surface area contributed by atoms with Crippen molar-refractivity contribution in [2.24, 2.45) is 17.6 Å². The Morgan fingerprint density at radius 2 is 1.88 bits per heavy atom. The molecule has 2 fully saturated rings. The first kappa shape index (κ1) is 12.3. The van der Waals surface area contributed by atoms with Gasteiger partial charge in [0, 0.05) is 18.6 Å². The van der Waals surface area contributed by atoms with Crippen molar-refractivity contribution >= 4 is 9.84 Å². The average Bonchev–Trinajstić information content (AvgIpc) is 2.45. The lowest BCUT2D eigenvalue weighted by atomic mass is 9.87. The molecule has 4 nitrogen and oxygen atoms in total. The number of nitrogens with two attached hydrogens (primary N) is 1. The lowest BCUT2D eigenvalue weighted by Gasteiger charge is -2.39. The van der Waals surface area contributed by atoms with E-state index in [-0.39, 0.29) is 23.6 Å². The molecule has 2 aliphatic rings. The van der Waals surface area contributed by atoms with Crippen LogP contribution in [0.25, 0.3) is 0 Å². The summed E-state index contributed by atoms with van der Waals surface area (Å²) in [6, 6.07) is -0.134. The number of hydrogen-bond acceptors (Lipinski definition) is 4. The minimum absolute atomic E-state index is 0.0555. The molecule has 0 aromatic carbocycles. The van der Waals surface area contributed by atoms with Gasteiger partial charge in [-0.25, -0.2) is 8.42 Å². The number of piperidine rings is 1. The Hall–Kier alpha value is -0.130. The maximum Gasteiger partial charge on any atom is 0.153 e. The van der Waals surface area contributed by atoms with Crippen LogP contribution >= 0.6 is 0 Å². The summed E-state index contributed by atoms with van der Waals surface area (Å²) < 4.78 is 23.1. The monoisotopic (exact) mass is 246 g/mol. The van der Waals surface area contributed by atoms with Crippen LogP contribution in [-0.2, 0) is 9.84 Å². The molecule has 0 aliphatic carbocycles. The summed E-state index contributed by atoms with van der Waals surface area (Å²) in [5.41, 5.74) is 5.94. The number of nitrogens with zero attached hydrogens (tertiary/aromatic N) is 1. The predicted octanol–water partition coefficient (Wildman–Crippen LogP) is 0.0886. The van der Waals surface area contributed by atoms with E-state index in [1.54, 1.807) is 0 Å². The van der Waals surface area contributed by atoms with Gasteiger partial charge in [0.1, 0.15) is 0 Å². The molecule has 0 radical (unpaired) electrons. The Bertz CT molecular complexity index is 355. The molecule has 2 aliphatic heterocycles. The fourth-order valence-corrected chi connectivity index (χ4v) is 4.75. The number of rotatable bonds is 1. The topological polar surface area (TPSA) is 63.4 Å². The molecule has 0 aromatic heterocycles. The van der Waals surface area contributed by atoms with Crippen molar-refractivity contribution in [1.29, 1.82) is 0 Å². The van der Waals surface area contributed by atoms with Crippen molar-refractivity contribution in [2.45, 2.75) is 32.4 Å². The first-order valence-corrected chi connectivity index (χ1v) is 7.91. The van der Waals surface area contributed by atoms with Crippen molar-refractivity contribution in [1.82, 2.24) is 4.90 Å². The van der Waals surface area contributed by atoms with Crippen molar-refractivity contribution in [3.63, 3.8) is 0 Å². The highest BCUT2D eigenvalue weighted by molar-refractivity contribution is 7.91. The predicted molar refractivity (Wildman–Crippen MR) is 64.9 cm³/mol. The molecule has 4 atom stereocenters. The fourth-order valence-electron chi connectivity index (χ4n) is 2.83. The number of hydrogen-bond donors (Lipinski definition) is 1. The summed E-state index contributed by atoms with van der Waals surface area (Å²) >= 11 is 0. The second-order valence-corrected chi connectivity index (χ2v) is 7.70. The second-order valence-electron chi connectivity index (χ2n) is 5.55. The summed E-state index contributed by atoms with van der Waals surface area (Å²) in [5, 5.41) is 0. The zero-order valence-electron chi connectivity index (χ0n) is 10.1. The number of likely N-dealkylation sites (tertiary alicyclic amines) is 1. The van der Waals surface area contributed by atoms with Gasteiger partial charge >= 0.3 is 0 Å². The largest absolute Gasteiger partial charge is 0.325 e. The van der Waals surface area contributed by atoms with Gasteiger partial charge in [-0.05, 0) is 24.8 Å². The molecular formula is C11H22N2O2S. The molecule has 0 saturated carbocycles. The van der Waals surface area contributed by atoms with Crippen LogP contribution in [-0.4, -0.2) is 50.0 Å². The van der Waals surface area contributed by atoms with Crippen LogP contribution in [0, 0.1) is 11.8 Å². The first-order chi connectivity index (χ1) is 7.39. The molecule has 2 heterocycles. The Balaban J connectivity index is 2.04. The molecule has 4 unspecified atom stereocenters. The smallest absolute Gasteiger partial charge is 0.153 e. The number of sulfone groups is 1. The quantitative estimate of drug-likeness (QED) is 0.712. The average molecular weight is 246 g/mol. The van der Waals surface area contributed by atoms with Crippen molar-refractivity contribution < 1.29 is 8.42 Å². The van der Waals surface area contributed by atoms with E-state index in [1.807, 2.05) is 0 Å². The van der Waals surface area contributed by atoms with Crippen LogP contribution in [0.3, 0.4) is 0 Å². The van der Waals surface area contributed by atoms with Gasteiger partial charge in [0.15, 0.2) is 9.84 Å². The molecule has 5 heteroatoms. The van der Waals surface area contributed by atoms with Gasteiger partial charge in [-0.3, -0.25) is 4.90 Å². The lowest BCUT2D eigenvalue weighted by Crippen LogP contribution is -2.51. The van der Waals surface area contributed by atoms with Crippen LogP contribution in [0.1, 0.15) is 20.3 Å². The van der Waals surface area contributed by atoms with Gasteiger partial charge < -0.3 is 5.73 Å². The zero-order valence-corrected chi connectivity index (χ0v) is 10.9. The van der Waals surface area contributed by atoms with E-state index in [9.17, 15) is 8.42 Å². The molecule has 0 bridgehead atoms. The summed E-state index contributed by atoms with van der Waals surface area (Å²) in [6.45, 7) is 6.51. The van der Waals surface area contributed by atoms with E-state index in [0.717, 1.165) is 25.4 Å². The van der Waals surface area contributed by atoms with Gasteiger partial charge in [0.2, 0.25) is 0 Å². The fraction of sp³-hybridized carbons (Fsp3) is 1.00. The SMILES string of the molecule is CC1CCN(C2CS(=O)(=O)CC2N)CC1C. The van der Waals surface area contributed by atoms with Gasteiger partial charge in [-0.15, -0.1) is 0 Å². The van der Waals surface area contributed by atoms with Gasteiger partial charge in [0.05, 0.1) is 11.5 Å². The van der Waals surface area contributed by atoms with Crippen LogP contribution < -0.4 is 5.73 Å². The molecule has 16 heavy (non-hydrogen) atoms. The van der Waals surface area contributed by atoms with E-state index >= 15 is 0 Å². The van der Waals surface area contributed by atoms with Crippen molar-refractivity contribution in [2.75, 3.05) is 24.6 Å². The zero-order chi connectivity index (χ0) is 11.9.